The fourth-order valence-corrected chi connectivity index (χ4v) is 1.91. The Bertz CT molecular complexity index is 388. The average molecular weight is 235 g/mol. The third-order valence-corrected chi connectivity index (χ3v) is 2.94. The Kier molecular flexibility index (Phi) is 3.76. The van der Waals surface area contributed by atoms with Crippen LogP contribution in [0.15, 0.2) is 24.3 Å². The van der Waals surface area contributed by atoms with Crippen molar-refractivity contribution in [3.63, 3.8) is 0 Å². The molecule has 2 rings (SSSR count). The molecule has 4 nitrogen and oxygen atoms in total. The molecule has 1 aromatic carbocycles. The Balaban J connectivity index is 2.06. The van der Waals surface area contributed by atoms with Gasteiger partial charge in [0.15, 0.2) is 0 Å². The second-order valence-corrected chi connectivity index (χ2v) is 4.24. The highest BCUT2D eigenvalue weighted by atomic mass is 16.5. The molecule has 1 fully saturated rings. The SMILES string of the molecule is COC(=O)C1COCC(c2ccc(C)cc2)N1. The van der Waals surface area contributed by atoms with Gasteiger partial charge in [-0.2, -0.15) is 0 Å². The summed E-state index contributed by atoms with van der Waals surface area (Å²) in [5.41, 5.74) is 2.35. The molecule has 0 aromatic heterocycles. The topological polar surface area (TPSA) is 47.6 Å². The van der Waals surface area contributed by atoms with E-state index in [4.69, 9.17) is 9.47 Å². The Morgan fingerprint density at radius 3 is 2.71 bits per heavy atom. The van der Waals surface area contributed by atoms with Gasteiger partial charge in [0, 0.05) is 0 Å². The maximum absolute atomic E-state index is 11.4. The maximum Gasteiger partial charge on any atom is 0.325 e. The monoisotopic (exact) mass is 235 g/mol. The average Bonchev–Trinajstić information content (AvgIpc) is 2.39. The van der Waals surface area contributed by atoms with Crippen molar-refractivity contribution >= 4 is 5.97 Å². The number of carbonyl (C=O) groups excluding carboxylic acids is 1. The van der Waals surface area contributed by atoms with E-state index >= 15 is 0 Å². The van der Waals surface area contributed by atoms with E-state index in [1.54, 1.807) is 0 Å². The number of hydrogen-bond acceptors (Lipinski definition) is 4. The van der Waals surface area contributed by atoms with E-state index in [9.17, 15) is 4.79 Å². The summed E-state index contributed by atoms with van der Waals surface area (Å²) >= 11 is 0. The van der Waals surface area contributed by atoms with Crippen molar-refractivity contribution in [2.45, 2.75) is 19.0 Å². The fourth-order valence-electron chi connectivity index (χ4n) is 1.91. The van der Waals surface area contributed by atoms with E-state index in [-0.39, 0.29) is 18.1 Å². The molecule has 0 spiro atoms. The van der Waals surface area contributed by atoms with Gasteiger partial charge < -0.3 is 9.47 Å². The Labute approximate surface area is 101 Å². The number of carbonyl (C=O) groups is 1. The van der Waals surface area contributed by atoms with E-state index < -0.39 is 0 Å². The Hall–Kier alpha value is -1.39. The first kappa shape index (κ1) is 12.1. The number of hydrogen-bond donors (Lipinski definition) is 1. The number of aryl methyl sites for hydroxylation is 1. The predicted molar refractivity (Wildman–Crippen MR) is 63.7 cm³/mol. The lowest BCUT2D eigenvalue weighted by molar-refractivity contribution is -0.147. The molecule has 0 bridgehead atoms. The van der Waals surface area contributed by atoms with Gasteiger partial charge in [-0.1, -0.05) is 29.8 Å². The molecule has 0 amide bonds. The molecule has 1 heterocycles. The molecular formula is C13H17NO3. The van der Waals surface area contributed by atoms with Crippen molar-refractivity contribution in [1.82, 2.24) is 5.32 Å². The van der Waals surface area contributed by atoms with E-state index in [1.807, 2.05) is 6.92 Å². The van der Waals surface area contributed by atoms with Crippen LogP contribution in [0.2, 0.25) is 0 Å². The number of morpholine rings is 1. The van der Waals surface area contributed by atoms with E-state index in [0.29, 0.717) is 13.2 Å². The minimum Gasteiger partial charge on any atom is -0.468 e. The molecule has 0 aliphatic carbocycles. The van der Waals surface area contributed by atoms with Crippen molar-refractivity contribution in [1.29, 1.82) is 0 Å². The van der Waals surface area contributed by atoms with Gasteiger partial charge in [-0.05, 0) is 12.5 Å². The van der Waals surface area contributed by atoms with E-state index in [1.165, 1.54) is 12.7 Å². The van der Waals surface area contributed by atoms with Gasteiger partial charge in [-0.3, -0.25) is 10.1 Å². The van der Waals surface area contributed by atoms with Crippen LogP contribution in [-0.4, -0.2) is 32.3 Å². The van der Waals surface area contributed by atoms with Crippen LogP contribution in [-0.2, 0) is 14.3 Å². The normalized spacial score (nSPS) is 24.4. The lowest BCUT2D eigenvalue weighted by atomic mass is 10.0. The van der Waals surface area contributed by atoms with Crippen LogP contribution in [0, 0.1) is 6.92 Å². The summed E-state index contributed by atoms with van der Waals surface area (Å²) in [6.45, 7) is 3.00. The van der Waals surface area contributed by atoms with Crippen LogP contribution in [0.4, 0.5) is 0 Å². The van der Waals surface area contributed by atoms with Crippen LogP contribution in [0.25, 0.3) is 0 Å². The van der Waals surface area contributed by atoms with Crippen molar-refractivity contribution in [3.8, 4) is 0 Å². The zero-order chi connectivity index (χ0) is 12.3. The smallest absolute Gasteiger partial charge is 0.325 e. The minimum atomic E-state index is -0.375. The molecule has 1 aliphatic heterocycles. The number of nitrogens with one attached hydrogen (secondary N) is 1. The van der Waals surface area contributed by atoms with Gasteiger partial charge in [0.05, 0.1) is 26.4 Å². The standard InChI is InChI=1S/C13H17NO3/c1-9-3-5-10(6-4-9)11-7-17-8-12(14-11)13(15)16-2/h3-6,11-12,14H,7-8H2,1-2H3. The molecule has 1 aliphatic rings. The lowest BCUT2D eigenvalue weighted by Gasteiger charge is -2.29. The molecule has 0 radical (unpaired) electrons. The van der Waals surface area contributed by atoms with Gasteiger partial charge in [0.2, 0.25) is 0 Å². The minimum absolute atomic E-state index is 0.0495. The van der Waals surface area contributed by atoms with Crippen molar-refractivity contribution in [2.24, 2.45) is 0 Å². The predicted octanol–water partition coefficient (Wildman–Crippen LogP) is 1.20. The van der Waals surface area contributed by atoms with E-state index in [2.05, 4.69) is 29.6 Å². The van der Waals surface area contributed by atoms with Gasteiger partial charge in [0.1, 0.15) is 6.04 Å². The van der Waals surface area contributed by atoms with Crippen LogP contribution in [0.3, 0.4) is 0 Å². The molecule has 2 unspecified atom stereocenters. The Morgan fingerprint density at radius 1 is 1.35 bits per heavy atom. The summed E-state index contributed by atoms with van der Waals surface area (Å²) in [6, 6.07) is 7.89. The molecular weight excluding hydrogens is 218 g/mol. The molecule has 92 valence electrons. The summed E-state index contributed by atoms with van der Waals surface area (Å²) < 4.78 is 10.2. The van der Waals surface area contributed by atoms with Crippen LogP contribution in [0.1, 0.15) is 17.2 Å². The number of benzene rings is 1. The van der Waals surface area contributed by atoms with Gasteiger partial charge in [0.25, 0.3) is 0 Å². The molecule has 1 N–H and O–H groups in total. The van der Waals surface area contributed by atoms with Crippen LogP contribution in [0.5, 0.6) is 0 Å². The molecule has 1 saturated heterocycles. The highest BCUT2D eigenvalue weighted by Crippen LogP contribution is 2.18. The van der Waals surface area contributed by atoms with Gasteiger partial charge in [-0.25, -0.2) is 0 Å². The summed E-state index contributed by atoms with van der Waals surface area (Å²) in [5, 5.41) is 3.24. The van der Waals surface area contributed by atoms with E-state index in [0.717, 1.165) is 5.56 Å². The Morgan fingerprint density at radius 2 is 2.06 bits per heavy atom. The highest BCUT2D eigenvalue weighted by molar-refractivity contribution is 5.76. The zero-order valence-electron chi connectivity index (χ0n) is 10.1. The van der Waals surface area contributed by atoms with Crippen molar-refractivity contribution in [3.05, 3.63) is 35.4 Å². The quantitative estimate of drug-likeness (QED) is 0.782. The zero-order valence-corrected chi connectivity index (χ0v) is 10.1. The fraction of sp³-hybridized carbons (Fsp3) is 0.462. The maximum atomic E-state index is 11.4. The number of rotatable bonds is 2. The number of methoxy groups -OCH3 is 1. The second-order valence-electron chi connectivity index (χ2n) is 4.24. The summed E-state index contributed by atoms with van der Waals surface area (Å²) in [5.74, 6) is -0.276. The molecule has 0 saturated carbocycles. The van der Waals surface area contributed by atoms with Crippen molar-refractivity contribution in [2.75, 3.05) is 20.3 Å². The highest BCUT2D eigenvalue weighted by Gasteiger charge is 2.28. The van der Waals surface area contributed by atoms with Gasteiger partial charge in [-0.15, -0.1) is 0 Å². The first-order chi connectivity index (χ1) is 8.20. The second kappa shape index (κ2) is 5.29. The largest absolute Gasteiger partial charge is 0.468 e. The molecule has 17 heavy (non-hydrogen) atoms. The van der Waals surface area contributed by atoms with Crippen LogP contribution < -0.4 is 5.32 Å². The summed E-state index contributed by atoms with van der Waals surface area (Å²) in [4.78, 5) is 11.4. The van der Waals surface area contributed by atoms with Crippen molar-refractivity contribution < 1.29 is 14.3 Å². The first-order valence-corrected chi connectivity index (χ1v) is 5.69. The number of esters is 1. The first-order valence-electron chi connectivity index (χ1n) is 5.69. The lowest BCUT2D eigenvalue weighted by Crippen LogP contribution is -2.48. The molecule has 2 atom stereocenters. The third-order valence-electron chi connectivity index (χ3n) is 2.94. The molecule has 4 heteroatoms. The summed E-state index contributed by atoms with van der Waals surface area (Å²) in [7, 11) is 1.39. The third kappa shape index (κ3) is 2.84. The van der Waals surface area contributed by atoms with Crippen LogP contribution >= 0.6 is 0 Å². The van der Waals surface area contributed by atoms with Gasteiger partial charge >= 0.3 is 5.97 Å². The number of ether oxygens (including phenoxy) is 2. The summed E-state index contributed by atoms with van der Waals surface area (Å²) in [6.07, 6.45) is 0. The molecule has 1 aromatic rings.